The standard InChI is InChI=1S/C16H26N2O4S/c1-21-15-8-9-16(22-2)13(12-15)10-11-17-23(19,20)18-14-6-4-3-5-7-14/h8-9,12,14,17-18H,3-7,10-11H2,1-2H3. The van der Waals surface area contributed by atoms with Gasteiger partial charge in [-0.25, -0.2) is 4.72 Å². The lowest BCUT2D eigenvalue weighted by Crippen LogP contribution is -2.44. The molecule has 1 aromatic carbocycles. The first-order chi connectivity index (χ1) is 11.0. The predicted molar refractivity (Wildman–Crippen MR) is 90.2 cm³/mol. The maximum atomic E-state index is 12.1. The number of benzene rings is 1. The first kappa shape index (κ1) is 18.0. The van der Waals surface area contributed by atoms with Crippen LogP contribution in [0.5, 0.6) is 11.5 Å². The van der Waals surface area contributed by atoms with E-state index >= 15 is 0 Å². The van der Waals surface area contributed by atoms with Gasteiger partial charge < -0.3 is 9.47 Å². The van der Waals surface area contributed by atoms with Crippen LogP contribution in [-0.4, -0.2) is 35.2 Å². The fourth-order valence-electron chi connectivity index (χ4n) is 2.88. The second kappa shape index (κ2) is 8.52. The highest BCUT2D eigenvalue weighted by molar-refractivity contribution is 7.87. The molecule has 6 nitrogen and oxygen atoms in total. The Kier molecular flexibility index (Phi) is 6.68. The van der Waals surface area contributed by atoms with Crippen LogP contribution in [0, 0.1) is 0 Å². The van der Waals surface area contributed by atoms with Gasteiger partial charge in [-0.3, -0.25) is 0 Å². The fourth-order valence-corrected chi connectivity index (χ4v) is 4.01. The zero-order valence-electron chi connectivity index (χ0n) is 13.8. The van der Waals surface area contributed by atoms with Crippen molar-refractivity contribution in [2.24, 2.45) is 0 Å². The van der Waals surface area contributed by atoms with Gasteiger partial charge in [-0.05, 0) is 43.0 Å². The third-order valence-electron chi connectivity index (χ3n) is 4.10. The number of hydrogen-bond acceptors (Lipinski definition) is 4. The Bertz CT molecular complexity index is 598. The molecule has 0 spiro atoms. The van der Waals surface area contributed by atoms with Crippen molar-refractivity contribution in [2.75, 3.05) is 20.8 Å². The summed E-state index contributed by atoms with van der Waals surface area (Å²) < 4.78 is 40.0. The van der Waals surface area contributed by atoms with E-state index in [1.54, 1.807) is 14.2 Å². The zero-order valence-corrected chi connectivity index (χ0v) is 14.6. The Balaban J connectivity index is 1.88. The summed E-state index contributed by atoms with van der Waals surface area (Å²) in [5.41, 5.74) is 0.909. The highest BCUT2D eigenvalue weighted by atomic mass is 32.2. The minimum Gasteiger partial charge on any atom is -0.497 e. The summed E-state index contributed by atoms with van der Waals surface area (Å²) in [5, 5.41) is 0. The summed E-state index contributed by atoms with van der Waals surface area (Å²) in [5.74, 6) is 1.45. The third-order valence-corrected chi connectivity index (χ3v) is 5.33. The summed E-state index contributed by atoms with van der Waals surface area (Å²) in [6.07, 6.45) is 5.75. The maximum absolute atomic E-state index is 12.1. The van der Waals surface area contributed by atoms with Gasteiger partial charge in [0.25, 0.3) is 10.2 Å². The second-order valence-corrected chi connectivity index (χ2v) is 7.31. The molecule has 0 aliphatic heterocycles. The van der Waals surface area contributed by atoms with Crippen molar-refractivity contribution in [3.63, 3.8) is 0 Å². The van der Waals surface area contributed by atoms with Crippen molar-refractivity contribution in [2.45, 2.75) is 44.6 Å². The van der Waals surface area contributed by atoms with Gasteiger partial charge in [0, 0.05) is 12.6 Å². The smallest absolute Gasteiger partial charge is 0.277 e. The molecule has 1 aliphatic carbocycles. The summed E-state index contributed by atoms with van der Waals surface area (Å²) in [6.45, 7) is 0.311. The Hall–Kier alpha value is -1.31. The molecule has 0 heterocycles. The quantitative estimate of drug-likeness (QED) is 0.758. The predicted octanol–water partition coefficient (Wildman–Crippen LogP) is 2.00. The molecule has 7 heteroatoms. The Morgan fingerprint density at radius 2 is 1.87 bits per heavy atom. The van der Waals surface area contributed by atoms with Crippen molar-refractivity contribution in [1.82, 2.24) is 9.44 Å². The molecule has 0 atom stereocenters. The van der Waals surface area contributed by atoms with Crippen molar-refractivity contribution in [3.8, 4) is 11.5 Å². The molecule has 23 heavy (non-hydrogen) atoms. The van der Waals surface area contributed by atoms with Gasteiger partial charge in [-0.15, -0.1) is 0 Å². The van der Waals surface area contributed by atoms with Crippen molar-refractivity contribution < 1.29 is 17.9 Å². The van der Waals surface area contributed by atoms with E-state index in [1.807, 2.05) is 18.2 Å². The van der Waals surface area contributed by atoms with Crippen molar-refractivity contribution in [1.29, 1.82) is 0 Å². The van der Waals surface area contributed by atoms with E-state index in [2.05, 4.69) is 9.44 Å². The molecule has 1 aliphatic rings. The highest BCUT2D eigenvalue weighted by Gasteiger charge is 2.19. The van der Waals surface area contributed by atoms with Gasteiger partial charge in [-0.2, -0.15) is 13.1 Å². The molecule has 1 aromatic rings. The van der Waals surface area contributed by atoms with Crippen molar-refractivity contribution >= 4 is 10.2 Å². The monoisotopic (exact) mass is 342 g/mol. The van der Waals surface area contributed by atoms with Crippen molar-refractivity contribution in [3.05, 3.63) is 23.8 Å². The number of methoxy groups -OCH3 is 2. The molecule has 1 fully saturated rings. The van der Waals surface area contributed by atoms with Crippen LogP contribution in [0.1, 0.15) is 37.7 Å². The number of rotatable bonds is 8. The summed E-state index contributed by atoms with van der Waals surface area (Å²) in [7, 11) is -0.262. The van der Waals surface area contributed by atoms with Crippen LogP contribution >= 0.6 is 0 Å². The molecule has 0 unspecified atom stereocenters. The zero-order chi connectivity index (χ0) is 16.7. The van der Waals surface area contributed by atoms with Crippen LogP contribution in [-0.2, 0) is 16.6 Å². The second-order valence-electron chi connectivity index (χ2n) is 5.78. The molecule has 0 saturated heterocycles. The third kappa shape index (κ3) is 5.67. The molecule has 0 radical (unpaired) electrons. The molecular weight excluding hydrogens is 316 g/mol. The van der Waals surface area contributed by atoms with E-state index in [1.165, 1.54) is 6.42 Å². The average Bonchev–Trinajstić information content (AvgIpc) is 2.55. The fraction of sp³-hybridized carbons (Fsp3) is 0.625. The first-order valence-electron chi connectivity index (χ1n) is 8.02. The molecule has 2 rings (SSSR count). The summed E-state index contributed by atoms with van der Waals surface area (Å²) in [6, 6.07) is 5.56. The highest BCUT2D eigenvalue weighted by Crippen LogP contribution is 2.24. The van der Waals surface area contributed by atoms with E-state index in [4.69, 9.17) is 9.47 Å². The lowest BCUT2D eigenvalue weighted by Gasteiger charge is -2.22. The Morgan fingerprint density at radius 1 is 1.13 bits per heavy atom. The van der Waals surface area contributed by atoms with E-state index in [0.717, 1.165) is 42.7 Å². The lowest BCUT2D eigenvalue weighted by atomic mass is 9.96. The molecular formula is C16H26N2O4S. The van der Waals surface area contributed by atoms with Gasteiger partial charge in [0.2, 0.25) is 0 Å². The van der Waals surface area contributed by atoms with Gasteiger partial charge >= 0.3 is 0 Å². The van der Waals surface area contributed by atoms with E-state index in [-0.39, 0.29) is 6.04 Å². The van der Waals surface area contributed by atoms with Gasteiger partial charge in [0.1, 0.15) is 11.5 Å². The van der Waals surface area contributed by atoms with Crippen LogP contribution in [0.4, 0.5) is 0 Å². The number of hydrogen-bond donors (Lipinski definition) is 2. The topological polar surface area (TPSA) is 76.7 Å². The summed E-state index contributed by atoms with van der Waals surface area (Å²) >= 11 is 0. The van der Waals surface area contributed by atoms with Crippen LogP contribution < -0.4 is 18.9 Å². The molecule has 0 aromatic heterocycles. The van der Waals surface area contributed by atoms with Gasteiger partial charge in [0.05, 0.1) is 14.2 Å². The minimum absolute atomic E-state index is 0.0626. The van der Waals surface area contributed by atoms with Crippen LogP contribution in [0.25, 0.3) is 0 Å². The van der Waals surface area contributed by atoms with Crippen LogP contribution in [0.15, 0.2) is 18.2 Å². The van der Waals surface area contributed by atoms with Gasteiger partial charge in [-0.1, -0.05) is 19.3 Å². The number of nitrogens with one attached hydrogen (secondary N) is 2. The first-order valence-corrected chi connectivity index (χ1v) is 9.50. The summed E-state index contributed by atoms with van der Waals surface area (Å²) in [4.78, 5) is 0. The Morgan fingerprint density at radius 3 is 2.52 bits per heavy atom. The van der Waals surface area contributed by atoms with E-state index < -0.39 is 10.2 Å². The van der Waals surface area contributed by atoms with Gasteiger partial charge in [0.15, 0.2) is 0 Å². The largest absolute Gasteiger partial charge is 0.497 e. The normalized spacial score (nSPS) is 16.3. The SMILES string of the molecule is COc1ccc(OC)c(CCNS(=O)(=O)NC2CCCCC2)c1. The van der Waals surface area contributed by atoms with Crippen LogP contribution in [0.3, 0.4) is 0 Å². The maximum Gasteiger partial charge on any atom is 0.277 e. The molecule has 0 amide bonds. The average molecular weight is 342 g/mol. The molecule has 2 N–H and O–H groups in total. The van der Waals surface area contributed by atoms with Crippen LogP contribution in [0.2, 0.25) is 0 Å². The molecule has 130 valence electrons. The number of ether oxygens (including phenoxy) is 2. The lowest BCUT2D eigenvalue weighted by molar-refractivity contribution is 0.398. The Labute approximate surface area is 138 Å². The molecule has 0 bridgehead atoms. The minimum atomic E-state index is -3.46. The van der Waals surface area contributed by atoms with E-state index in [0.29, 0.717) is 13.0 Å². The van der Waals surface area contributed by atoms with E-state index in [9.17, 15) is 8.42 Å². The molecule has 1 saturated carbocycles.